The molecule has 6 nitrogen and oxygen atoms in total. The summed E-state index contributed by atoms with van der Waals surface area (Å²) in [6, 6.07) is 8.18. The Hall–Kier alpha value is -3.22. The lowest BCUT2D eigenvalue weighted by atomic mass is 9.92. The van der Waals surface area contributed by atoms with Gasteiger partial charge in [-0.3, -0.25) is 9.78 Å². The number of carbonyl (C=O) groups is 1. The summed E-state index contributed by atoms with van der Waals surface area (Å²) in [6.45, 7) is 1.79. The molecule has 3 aromatic rings. The highest BCUT2D eigenvalue weighted by Gasteiger charge is 2.25. The second-order valence-electron chi connectivity index (χ2n) is 7.49. The van der Waals surface area contributed by atoms with Crippen LogP contribution in [0.2, 0.25) is 0 Å². The molecule has 0 radical (unpaired) electrons. The van der Waals surface area contributed by atoms with Gasteiger partial charge in [-0.2, -0.15) is 0 Å². The molecular weight excluding hydrogens is 371 g/mol. The van der Waals surface area contributed by atoms with Gasteiger partial charge in [0.25, 0.3) is 5.91 Å². The summed E-state index contributed by atoms with van der Waals surface area (Å²) in [5.41, 5.74) is 8.79. The molecular formula is C22H23FN4O2. The Morgan fingerprint density at radius 3 is 2.66 bits per heavy atom. The van der Waals surface area contributed by atoms with Gasteiger partial charge in [0, 0.05) is 30.2 Å². The molecule has 1 aromatic heterocycles. The largest absolute Gasteiger partial charge is 0.488 e. The molecule has 1 amide bonds. The van der Waals surface area contributed by atoms with Gasteiger partial charge in [-0.05, 0) is 56.4 Å². The van der Waals surface area contributed by atoms with Crippen molar-refractivity contribution in [3.63, 3.8) is 0 Å². The average Bonchev–Trinajstić information content (AvgIpc) is 2.69. The van der Waals surface area contributed by atoms with E-state index in [1.54, 1.807) is 37.5 Å². The van der Waals surface area contributed by atoms with E-state index < -0.39 is 5.82 Å². The molecule has 0 spiro atoms. The van der Waals surface area contributed by atoms with E-state index in [0.717, 1.165) is 31.2 Å². The highest BCUT2D eigenvalue weighted by atomic mass is 19.1. The summed E-state index contributed by atoms with van der Waals surface area (Å²) in [4.78, 5) is 21.0. The van der Waals surface area contributed by atoms with E-state index in [4.69, 9.17) is 10.5 Å². The summed E-state index contributed by atoms with van der Waals surface area (Å²) in [5, 5.41) is 2.94. The summed E-state index contributed by atoms with van der Waals surface area (Å²) in [6.07, 6.45) is 6.32. The number of hydrogen-bond acceptors (Lipinski definition) is 5. The fraction of sp³-hybridized carbons (Fsp3) is 0.318. The van der Waals surface area contributed by atoms with Crippen molar-refractivity contribution in [2.45, 2.75) is 44.8 Å². The number of rotatable bonds is 4. The molecule has 1 fully saturated rings. The minimum Gasteiger partial charge on any atom is -0.488 e. The van der Waals surface area contributed by atoms with E-state index in [-0.39, 0.29) is 23.6 Å². The molecule has 7 heteroatoms. The van der Waals surface area contributed by atoms with Crippen LogP contribution in [0.4, 0.5) is 10.1 Å². The third-order valence-corrected chi connectivity index (χ3v) is 5.23. The minimum atomic E-state index is -0.492. The molecule has 1 aliphatic carbocycles. The second kappa shape index (κ2) is 8.03. The first kappa shape index (κ1) is 19.1. The van der Waals surface area contributed by atoms with E-state index in [2.05, 4.69) is 15.3 Å². The van der Waals surface area contributed by atoms with Crippen LogP contribution < -0.4 is 15.8 Å². The molecule has 3 N–H and O–H groups in total. The normalized spacial score (nSPS) is 19.1. The molecule has 0 bridgehead atoms. The fourth-order valence-corrected chi connectivity index (χ4v) is 3.73. The number of ether oxygens (including phenoxy) is 1. The number of benzene rings is 2. The van der Waals surface area contributed by atoms with Gasteiger partial charge in [0.15, 0.2) is 0 Å². The van der Waals surface area contributed by atoms with Gasteiger partial charge in [0.05, 0.1) is 17.2 Å². The number of carbonyl (C=O) groups excluding carboxylic acids is 1. The number of anilines is 1. The Kier molecular flexibility index (Phi) is 5.29. The number of nitrogens with one attached hydrogen (secondary N) is 1. The number of aromatic nitrogens is 2. The number of nitrogens with two attached hydrogens (primary N) is 1. The van der Waals surface area contributed by atoms with Crippen molar-refractivity contribution in [3.8, 4) is 5.75 Å². The van der Waals surface area contributed by atoms with Gasteiger partial charge in [-0.15, -0.1) is 0 Å². The monoisotopic (exact) mass is 394 g/mol. The quantitative estimate of drug-likeness (QED) is 0.657. The van der Waals surface area contributed by atoms with Crippen molar-refractivity contribution in [1.82, 2.24) is 15.3 Å². The van der Waals surface area contributed by atoms with E-state index in [1.807, 2.05) is 0 Å². The molecule has 0 saturated heterocycles. The van der Waals surface area contributed by atoms with Gasteiger partial charge in [0.2, 0.25) is 0 Å². The zero-order valence-corrected chi connectivity index (χ0v) is 16.2. The number of aryl methyl sites for hydroxylation is 1. The summed E-state index contributed by atoms with van der Waals surface area (Å²) < 4.78 is 20.2. The standard InChI is InChI=1S/C22H23FN4O2/c1-13-2-7-17(18(23)10-13)22(28)27-15-3-5-16(6-4-15)29-20-12-14(24)11-19-21(20)26-9-8-25-19/h2,7-12,15-16H,3-6,24H2,1H3,(H,27,28). The smallest absolute Gasteiger partial charge is 0.254 e. The summed E-state index contributed by atoms with van der Waals surface area (Å²) >= 11 is 0. The molecule has 1 saturated carbocycles. The summed E-state index contributed by atoms with van der Waals surface area (Å²) in [5.74, 6) is -0.236. The summed E-state index contributed by atoms with van der Waals surface area (Å²) in [7, 11) is 0. The van der Waals surface area contributed by atoms with E-state index >= 15 is 0 Å². The van der Waals surface area contributed by atoms with E-state index in [1.165, 1.54) is 12.1 Å². The fourth-order valence-electron chi connectivity index (χ4n) is 3.73. The van der Waals surface area contributed by atoms with E-state index in [9.17, 15) is 9.18 Å². The lowest BCUT2D eigenvalue weighted by Crippen LogP contribution is -2.40. The first-order valence-electron chi connectivity index (χ1n) is 9.73. The average molecular weight is 394 g/mol. The van der Waals surface area contributed by atoms with Crippen LogP contribution in [0.5, 0.6) is 5.75 Å². The number of amides is 1. The molecule has 2 aromatic carbocycles. The highest BCUT2D eigenvalue weighted by molar-refractivity contribution is 5.94. The van der Waals surface area contributed by atoms with Crippen molar-refractivity contribution in [3.05, 3.63) is 59.7 Å². The highest BCUT2D eigenvalue weighted by Crippen LogP contribution is 2.30. The molecule has 1 aliphatic rings. The van der Waals surface area contributed by atoms with Crippen LogP contribution in [0.15, 0.2) is 42.7 Å². The lowest BCUT2D eigenvalue weighted by Gasteiger charge is -2.29. The number of halogens is 1. The van der Waals surface area contributed by atoms with Crippen LogP contribution in [-0.4, -0.2) is 28.0 Å². The number of hydrogen-bond donors (Lipinski definition) is 2. The van der Waals surface area contributed by atoms with Gasteiger partial charge >= 0.3 is 0 Å². The van der Waals surface area contributed by atoms with Crippen molar-refractivity contribution in [2.24, 2.45) is 0 Å². The molecule has 29 heavy (non-hydrogen) atoms. The Morgan fingerprint density at radius 1 is 1.14 bits per heavy atom. The van der Waals surface area contributed by atoms with Gasteiger partial charge in [-0.25, -0.2) is 9.37 Å². The Balaban J connectivity index is 1.37. The first-order valence-corrected chi connectivity index (χ1v) is 9.73. The molecule has 0 aliphatic heterocycles. The van der Waals surface area contributed by atoms with Crippen LogP contribution in [0, 0.1) is 12.7 Å². The molecule has 0 unspecified atom stereocenters. The van der Waals surface area contributed by atoms with Crippen LogP contribution in [-0.2, 0) is 0 Å². The maximum atomic E-state index is 14.0. The minimum absolute atomic E-state index is 0.000400. The molecule has 4 rings (SSSR count). The lowest BCUT2D eigenvalue weighted by molar-refractivity contribution is 0.0891. The number of nitrogens with zero attached hydrogens (tertiary/aromatic N) is 2. The maximum absolute atomic E-state index is 14.0. The molecule has 0 atom stereocenters. The van der Waals surface area contributed by atoms with Crippen molar-refractivity contribution >= 4 is 22.6 Å². The maximum Gasteiger partial charge on any atom is 0.254 e. The zero-order chi connectivity index (χ0) is 20.4. The second-order valence-corrected chi connectivity index (χ2v) is 7.49. The first-order chi connectivity index (χ1) is 14.0. The molecule has 1 heterocycles. The van der Waals surface area contributed by atoms with Crippen molar-refractivity contribution in [2.75, 3.05) is 5.73 Å². The predicted octanol–water partition coefficient (Wildman–Crippen LogP) is 3.78. The SMILES string of the molecule is Cc1ccc(C(=O)NC2CCC(Oc3cc(N)cc4nccnc34)CC2)c(F)c1. The Labute approximate surface area is 168 Å². The van der Waals surface area contributed by atoms with Gasteiger partial charge in [0.1, 0.15) is 17.1 Å². The van der Waals surface area contributed by atoms with Crippen molar-refractivity contribution in [1.29, 1.82) is 0 Å². The van der Waals surface area contributed by atoms with Crippen molar-refractivity contribution < 1.29 is 13.9 Å². The van der Waals surface area contributed by atoms with Gasteiger partial charge < -0.3 is 15.8 Å². The van der Waals surface area contributed by atoms with Crippen LogP contribution in [0.25, 0.3) is 11.0 Å². The van der Waals surface area contributed by atoms with Gasteiger partial charge in [-0.1, -0.05) is 6.07 Å². The third kappa shape index (κ3) is 4.29. The topological polar surface area (TPSA) is 90.1 Å². The zero-order valence-electron chi connectivity index (χ0n) is 16.2. The van der Waals surface area contributed by atoms with Crippen LogP contribution in [0.1, 0.15) is 41.6 Å². The van der Waals surface area contributed by atoms with Crippen LogP contribution in [0.3, 0.4) is 0 Å². The van der Waals surface area contributed by atoms with Crippen LogP contribution >= 0.6 is 0 Å². The van der Waals surface area contributed by atoms with E-state index in [0.29, 0.717) is 22.5 Å². The molecule has 150 valence electrons. The third-order valence-electron chi connectivity index (χ3n) is 5.23. The number of nitrogen functional groups attached to an aromatic ring is 1. The Morgan fingerprint density at radius 2 is 1.90 bits per heavy atom. The Bertz CT molecular complexity index is 1050. The number of fused-ring (bicyclic) bond motifs is 1. The predicted molar refractivity (Wildman–Crippen MR) is 109 cm³/mol.